The number of piperazine rings is 1. The maximum absolute atomic E-state index is 15.0. The maximum Gasteiger partial charge on any atom is 0.333 e. The SMILES string of the molecule is CC(C)=CCC/C(C)=C/Cc1c(O)c(CC=C(C)C)c2c(c1O)C(=O)C1=CC3CC4C(C)(C)OC(C/C=C(/C)C(=O)OCCCCCCN5CCNCC5)(C3=O)C14O2. The van der Waals surface area contributed by atoms with Crippen LogP contribution in [0.2, 0.25) is 0 Å². The van der Waals surface area contributed by atoms with Crippen molar-refractivity contribution in [2.45, 2.75) is 136 Å². The van der Waals surface area contributed by atoms with E-state index in [2.05, 4.69) is 30.1 Å². The molecule has 3 aliphatic heterocycles. The van der Waals surface area contributed by atoms with Gasteiger partial charge in [-0.2, -0.15) is 0 Å². The van der Waals surface area contributed by atoms with Crippen molar-refractivity contribution in [3.63, 3.8) is 0 Å². The zero-order valence-electron chi connectivity index (χ0n) is 36.1. The first-order valence-corrected chi connectivity index (χ1v) is 21.5. The number of hydrogen-bond donors (Lipinski definition) is 3. The standard InChI is InChI=1S/C48H66N2O8/c1-30(2)14-13-15-32(5)17-19-35-40(51)36(18-16-31(3)4)43-39(41(35)52)42(53)37-28-34-29-38-46(7,8)58-47(44(34)54,48(37,38)57-43)21-20-33(6)45(55)56-27-12-10-9-11-24-50-25-22-49-23-26-50/h14,16-17,20,28,34,38,49,51-52H,9-13,15,18-19,21-27,29H2,1-8H3/b32-17+,33-20-. The molecule has 4 bridgehead atoms. The maximum atomic E-state index is 15.0. The third kappa shape index (κ3) is 8.26. The normalized spacial score (nSPS) is 26.1. The van der Waals surface area contributed by atoms with E-state index < -0.39 is 40.4 Å². The van der Waals surface area contributed by atoms with Crippen molar-refractivity contribution in [3.05, 3.63) is 74.9 Å². The second-order valence-electron chi connectivity index (χ2n) is 18.2. The van der Waals surface area contributed by atoms with Gasteiger partial charge in [-0.1, -0.05) is 59.9 Å². The van der Waals surface area contributed by atoms with E-state index in [9.17, 15) is 24.6 Å². The number of phenolic OH excluding ortho intramolecular Hbond substituents is 2. The number of Topliss-reactive ketones (excluding diaryl/α,β-unsaturated/α-hetero) is 2. The number of allylic oxidation sites excluding steroid dienone is 7. The molecule has 0 radical (unpaired) electrons. The van der Waals surface area contributed by atoms with E-state index in [1.807, 2.05) is 46.8 Å². The predicted molar refractivity (Wildman–Crippen MR) is 226 cm³/mol. The zero-order valence-corrected chi connectivity index (χ0v) is 36.1. The summed E-state index contributed by atoms with van der Waals surface area (Å²) in [5.74, 6) is -2.44. The highest BCUT2D eigenvalue weighted by atomic mass is 16.6. The van der Waals surface area contributed by atoms with Crippen LogP contribution < -0.4 is 10.1 Å². The van der Waals surface area contributed by atoms with Gasteiger partial charge in [-0.15, -0.1) is 0 Å². The van der Waals surface area contributed by atoms with Crippen molar-refractivity contribution >= 4 is 17.5 Å². The molecule has 4 unspecified atom stereocenters. The molecule has 0 amide bonds. The minimum atomic E-state index is -1.63. The summed E-state index contributed by atoms with van der Waals surface area (Å²) in [6.45, 7) is 21.3. The van der Waals surface area contributed by atoms with Gasteiger partial charge >= 0.3 is 5.97 Å². The van der Waals surface area contributed by atoms with Crippen LogP contribution in [0.15, 0.2) is 58.2 Å². The van der Waals surface area contributed by atoms with Crippen molar-refractivity contribution in [3.8, 4) is 17.2 Å². The summed E-state index contributed by atoms with van der Waals surface area (Å²) in [4.78, 5) is 45.3. The molecule has 1 spiro atoms. The van der Waals surface area contributed by atoms with Crippen molar-refractivity contribution in [2.75, 3.05) is 39.3 Å². The number of phenols is 2. The molecule has 7 rings (SSSR count). The molecule has 4 atom stereocenters. The fourth-order valence-corrected chi connectivity index (χ4v) is 9.80. The third-order valence-corrected chi connectivity index (χ3v) is 13.0. The number of carbonyl (C=O) groups is 3. The van der Waals surface area contributed by atoms with Crippen LogP contribution in [0.1, 0.15) is 128 Å². The predicted octanol–water partition coefficient (Wildman–Crippen LogP) is 8.19. The van der Waals surface area contributed by atoms with Crippen molar-refractivity contribution < 1.29 is 38.8 Å². The Morgan fingerprint density at radius 1 is 0.914 bits per heavy atom. The molecule has 316 valence electrons. The summed E-state index contributed by atoms with van der Waals surface area (Å²) in [6.07, 6.45) is 16.1. The Bertz CT molecular complexity index is 1940. The highest BCUT2D eigenvalue weighted by Gasteiger charge is 2.81. The van der Waals surface area contributed by atoms with E-state index in [4.69, 9.17) is 14.2 Å². The van der Waals surface area contributed by atoms with Gasteiger partial charge in [-0.05, 0) is 107 Å². The van der Waals surface area contributed by atoms with E-state index in [-0.39, 0.29) is 53.4 Å². The van der Waals surface area contributed by atoms with Gasteiger partial charge in [0, 0.05) is 66.7 Å². The summed E-state index contributed by atoms with van der Waals surface area (Å²) in [5, 5.41) is 27.2. The van der Waals surface area contributed by atoms with E-state index in [1.54, 1.807) is 19.1 Å². The molecule has 6 aliphatic rings. The zero-order chi connectivity index (χ0) is 42.0. The molecule has 3 heterocycles. The van der Waals surface area contributed by atoms with Crippen LogP contribution in [0.4, 0.5) is 0 Å². The molecule has 3 fully saturated rings. The number of esters is 1. The first-order valence-electron chi connectivity index (χ1n) is 21.5. The molecule has 10 heteroatoms. The van der Waals surface area contributed by atoms with Gasteiger partial charge < -0.3 is 34.6 Å². The lowest BCUT2D eigenvalue weighted by molar-refractivity contribution is -0.171. The summed E-state index contributed by atoms with van der Waals surface area (Å²) in [7, 11) is 0. The van der Waals surface area contributed by atoms with Crippen molar-refractivity contribution in [2.24, 2.45) is 11.8 Å². The number of rotatable bonds is 17. The van der Waals surface area contributed by atoms with Crippen LogP contribution >= 0.6 is 0 Å². The van der Waals surface area contributed by atoms with Gasteiger partial charge in [-0.3, -0.25) is 9.59 Å². The molecular weight excluding hydrogens is 733 g/mol. The Hall–Kier alpha value is -3.99. The first kappa shape index (κ1) is 43.6. The smallest absolute Gasteiger partial charge is 0.333 e. The van der Waals surface area contributed by atoms with Gasteiger partial charge in [0.15, 0.2) is 22.8 Å². The number of nitrogens with zero attached hydrogens (tertiary/aromatic N) is 1. The van der Waals surface area contributed by atoms with Gasteiger partial charge in [-0.25, -0.2) is 4.79 Å². The van der Waals surface area contributed by atoms with Crippen LogP contribution in [0, 0.1) is 11.8 Å². The second-order valence-corrected chi connectivity index (χ2v) is 18.2. The molecule has 3 N–H and O–H groups in total. The van der Waals surface area contributed by atoms with Crippen LogP contribution in [0.25, 0.3) is 0 Å². The van der Waals surface area contributed by atoms with Gasteiger partial charge in [0.1, 0.15) is 22.8 Å². The number of ketones is 2. The third-order valence-electron chi connectivity index (χ3n) is 13.0. The molecule has 1 aromatic carbocycles. The monoisotopic (exact) mass is 798 g/mol. The highest BCUT2D eigenvalue weighted by molar-refractivity contribution is 6.18. The van der Waals surface area contributed by atoms with E-state index >= 15 is 0 Å². The quantitative estimate of drug-likeness (QED) is 0.0613. The van der Waals surface area contributed by atoms with E-state index in [0.717, 1.165) is 82.4 Å². The molecule has 58 heavy (non-hydrogen) atoms. The Morgan fingerprint density at radius 3 is 2.31 bits per heavy atom. The number of benzene rings is 1. The molecule has 1 saturated carbocycles. The van der Waals surface area contributed by atoms with Crippen molar-refractivity contribution in [1.82, 2.24) is 10.2 Å². The summed E-state index contributed by atoms with van der Waals surface area (Å²) in [5.41, 5.74) is 0.608. The number of carbonyl (C=O) groups excluding carboxylic acids is 3. The van der Waals surface area contributed by atoms with Gasteiger partial charge in [0.25, 0.3) is 0 Å². The number of nitrogens with one attached hydrogen (secondary N) is 1. The number of aromatic hydroxyl groups is 2. The van der Waals surface area contributed by atoms with Crippen LogP contribution in [-0.4, -0.2) is 88.8 Å². The van der Waals surface area contributed by atoms with Crippen molar-refractivity contribution in [1.29, 1.82) is 0 Å². The lowest BCUT2D eigenvalue weighted by atomic mass is 9.51. The van der Waals surface area contributed by atoms with Crippen LogP contribution in [0.3, 0.4) is 0 Å². The molecule has 3 aliphatic carbocycles. The number of ether oxygens (including phenoxy) is 3. The van der Waals surface area contributed by atoms with Crippen LogP contribution in [0.5, 0.6) is 17.2 Å². The van der Waals surface area contributed by atoms with E-state index in [0.29, 0.717) is 29.7 Å². The number of unbranched alkanes of at least 4 members (excludes halogenated alkanes) is 3. The topological polar surface area (TPSA) is 135 Å². The Kier molecular flexibility index (Phi) is 13.3. The van der Waals surface area contributed by atoms with Gasteiger partial charge in [0.05, 0.1) is 12.2 Å². The Morgan fingerprint density at radius 2 is 1.60 bits per heavy atom. The summed E-state index contributed by atoms with van der Waals surface area (Å²) < 4.78 is 19.7. The summed E-state index contributed by atoms with van der Waals surface area (Å²) in [6, 6.07) is 0. The molecule has 0 aromatic heterocycles. The highest BCUT2D eigenvalue weighted by Crippen LogP contribution is 2.68. The average molecular weight is 799 g/mol. The lowest BCUT2D eigenvalue weighted by Gasteiger charge is -2.56. The Balaban J connectivity index is 1.28. The molecule has 10 nitrogen and oxygen atoms in total. The first-order chi connectivity index (χ1) is 27.5. The van der Waals surface area contributed by atoms with Crippen LogP contribution in [-0.2, 0) is 31.9 Å². The average Bonchev–Trinajstić information content (AvgIpc) is 3.33. The Labute approximate surface area is 345 Å². The molecule has 2 saturated heterocycles. The summed E-state index contributed by atoms with van der Waals surface area (Å²) >= 11 is 0. The van der Waals surface area contributed by atoms with Gasteiger partial charge in [0.2, 0.25) is 0 Å². The minimum absolute atomic E-state index is 0.00359. The number of hydrogen-bond acceptors (Lipinski definition) is 10. The second kappa shape index (κ2) is 17.7. The molecular formula is C48H66N2O8. The minimum Gasteiger partial charge on any atom is -0.507 e. The number of fused-ring (bicyclic) bond motifs is 1. The fraction of sp³-hybridized carbons (Fsp3) is 0.604. The van der Waals surface area contributed by atoms with E-state index in [1.165, 1.54) is 5.57 Å². The molecule has 1 aromatic rings. The largest absolute Gasteiger partial charge is 0.507 e. The lowest BCUT2D eigenvalue weighted by Crippen LogP contribution is -2.72. The fourth-order valence-electron chi connectivity index (χ4n) is 9.80.